The molecule has 0 aromatic heterocycles. The minimum Gasteiger partial charge on any atom is -0.370 e. The Labute approximate surface area is 113 Å². The molecule has 0 saturated carbocycles. The topological polar surface area (TPSA) is 41.6 Å². The molecule has 4 heteroatoms. The highest BCUT2D eigenvalue weighted by Crippen LogP contribution is 2.18. The Kier molecular flexibility index (Phi) is 4.93. The molecule has 1 aromatic carbocycles. The highest BCUT2D eigenvalue weighted by atomic mass is 32.2. The summed E-state index contributed by atoms with van der Waals surface area (Å²) in [4.78, 5) is 6.70. The molecular weight excluding hydrogens is 242 g/mol. The van der Waals surface area contributed by atoms with Crippen LogP contribution in [0.4, 0.5) is 0 Å². The van der Waals surface area contributed by atoms with E-state index in [1.807, 2.05) is 30.0 Å². The van der Waals surface area contributed by atoms with Crippen LogP contribution >= 0.6 is 11.8 Å². The zero-order valence-corrected chi connectivity index (χ0v) is 11.7. The summed E-state index contributed by atoms with van der Waals surface area (Å²) in [5.74, 6) is 1.83. The normalized spacial score (nSPS) is 21.7. The zero-order valence-electron chi connectivity index (χ0n) is 10.9. The van der Waals surface area contributed by atoms with Gasteiger partial charge in [-0.05, 0) is 12.0 Å². The Morgan fingerprint density at radius 2 is 2.17 bits per heavy atom. The van der Waals surface area contributed by atoms with E-state index in [-0.39, 0.29) is 0 Å². The van der Waals surface area contributed by atoms with Gasteiger partial charge in [0, 0.05) is 24.1 Å². The Hall–Kier alpha value is -1.16. The zero-order chi connectivity index (χ0) is 12.8. The second-order valence-electron chi connectivity index (χ2n) is 4.62. The third-order valence-electron chi connectivity index (χ3n) is 3.16. The molecule has 98 valence electrons. The molecule has 1 heterocycles. The molecule has 1 saturated heterocycles. The number of hydrogen-bond acceptors (Lipinski definition) is 2. The summed E-state index contributed by atoms with van der Waals surface area (Å²) in [6.45, 7) is 4.99. The molecular formula is C14H21N3S. The molecule has 1 atom stereocenters. The summed E-state index contributed by atoms with van der Waals surface area (Å²) >= 11 is 2.02. The molecule has 2 N–H and O–H groups in total. The minimum absolute atomic E-state index is 0.672. The second-order valence-corrected chi connectivity index (χ2v) is 6.16. The molecule has 1 aromatic rings. The first-order valence-corrected chi connectivity index (χ1v) is 7.51. The molecule has 3 nitrogen and oxygen atoms in total. The van der Waals surface area contributed by atoms with Crippen molar-refractivity contribution in [3.63, 3.8) is 0 Å². The van der Waals surface area contributed by atoms with E-state index in [4.69, 9.17) is 5.73 Å². The maximum absolute atomic E-state index is 6.08. The van der Waals surface area contributed by atoms with E-state index in [1.54, 1.807) is 0 Å². The van der Waals surface area contributed by atoms with E-state index in [1.165, 1.54) is 12.0 Å². The monoisotopic (exact) mass is 263 g/mol. The quantitative estimate of drug-likeness (QED) is 0.658. The van der Waals surface area contributed by atoms with Crippen LogP contribution in [0.1, 0.15) is 18.9 Å². The lowest BCUT2D eigenvalue weighted by Gasteiger charge is -2.20. The average molecular weight is 263 g/mol. The fourth-order valence-corrected chi connectivity index (χ4v) is 2.98. The fourth-order valence-electron chi connectivity index (χ4n) is 1.98. The lowest BCUT2D eigenvalue weighted by Crippen LogP contribution is -2.39. The van der Waals surface area contributed by atoms with Crippen LogP contribution in [0.25, 0.3) is 0 Å². The third kappa shape index (κ3) is 3.95. The van der Waals surface area contributed by atoms with Gasteiger partial charge >= 0.3 is 0 Å². The molecule has 0 amide bonds. The summed E-state index contributed by atoms with van der Waals surface area (Å²) in [6.07, 6.45) is 1.19. The number of thioether (sulfide) groups is 1. The predicted molar refractivity (Wildman–Crippen MR) is 79.9 cm³/mol. The molecule has 0 bridgehead atoms. The summed E-state index contributed by atoms with van der Waals surface area (Å²) in [5, 5.41) is 0.733. The number of nitrogens with two attached hydrogens (primary N) is 1. The number of benzene rings is 1. The lowest BCUT2D eigenvalue weighted by molar-refractivity contribution is 0.435. The molecule has 18 heavy (non-hydrogen) atoms. The second kappa shape index (κ2) is 6.69. The smallest absolute Gasteiger partial charge is 0.191 e. The predicted octanol–water partition coefficient (Wildman–Crippen LogP) is 2.33. The van der Waals surface area contributed by atoms with E-state index < -0.39 is 0 Å². The Morgan fingerprint density at radius 1 is 1.39 bits per heavy atom. The van der Waals surface area contributed by atoms with Crippen molar-refractivity contribution in [2.24, 2.45) is 10.7 Å². The van der Waals surface area contributed by atoms with Crippen LogP contribution in [0, 0.1) is 0 Å². The molecule has 1 aliphatic rings. The van der Waals surface area contributed by atoms with Crippen LogP contribution in [0.5, 0.6) is 0 Å². The van der Waals surface area contributed by atoms with Crippen molar-refractivity contribution in [3.8, 4) is 0 Å². The van der Waals surface area contributed by atoms with Crippen molar-refractivity contribution >= 4 is 17.7 Å². The average Bonchev–Trinajstić information content (AvgIpc) is 2.62. The van der Waals surface area contributed by atoms with Gasteiger partial charge in [0.2, 0.25) is 0 Å². The van der Waals surface area contributed by atoms with Crippen molar-refractivity contribution in [2.75, 3.05) is 18.8 Å². The number of guanidine groups is 1. The van der Waals surface area contributed by atoms with E-state index in [0.717, 1.165) is 24.1 Å². The van der Waals surface area contributed by atoms with Crippen molar-refractivity contribution < 1.29 is 0 Å². The maximum atomic E-state index is 6.08. The van der Waals surface area contributed by atoms with Crippen molar-refractivity contribution in [1.29, 1.82) is 0 Å². The molecule has 0 aliphatic carbocycles. The maximum Gasteiger partial charge on any atom is 0.191 e. The van der Waals surface area contributed by atoms with Gasteiger partial charge in [0.1, 0.15) is 0 Å². The molecule has 2 rings (SSSR count). The first-order valence-electron chi connectivity index (χ1n) is 6.46. The van der Waals surface area contributed by atoms with Gasteiger partial charge in [-0.25, -0.2) is 4.99 Å². The van der Waals surface area contributed by atoms with Gasteiger partial charge in [0.15, 0.2) is 5.96 Å². The largest absolute Gasteiger partial charge is 0.370 e. The molecule has 0 spiro atoms. The number of hydrogen-bond donors (Lipinski definition) is 1. The van der Waals surface area contributed by atoms with Crippen LogP contribution in [0.15, 0.2) is 35.3 Å². The third-order valence-corrected chi connectivity index (χ3v) is 4.38. The van der Waals surface area contributed by atoms with E-state index >= 15 is 0 Å². The van der Waals surface area contributed by atoms with Gasteiger partial charge in [-0.3, -0.25) is 0 Å². The number of aliphatic imine (C=N–C) groups is 1. The van der Waals surface area contributed by atoms with Gasteiger partial charge in [0.05, 0.1) is 6.54 Å². The van der Waals surface area contributed by atoms with Crippen LogP contribution < -0.4 is 5.73 Å². The fraction of sp³-hybridized carbons (Fsp3) is 0.500. The van der Waals surface area contributed by atoms with Crippen LogP contribution in [-0.4, -0.2) is 35.0 Å². The van der Waals surface area contributed by atoms with Crippen LogP contribution in [-0.2, 0) is 6.54 Å². The van der Waals surface area contributed by atoms with Gasteiger partial charge in [-0.15, -0.1) is 0 Å². The van der Waals surface area contributed by atoms with Gasteiger partial charge in [-0.2, -0.15) is 11.8 Å². The van der Waals surface area contributed by atoms with E-state index in [0.29, 0.717) is 12.5 Å². The van der Waals surface area contributed by atoms with E-state index in [9.17, 15) is 0 Å². The highest BCUT2D eigenvalue weighted by molar-refractivity contribution is 7.99. The molecule has 1 unspecified atom stereocenters. The summed E-state index contributed by atoms with van der Waals surface area (Å²) < 4.78 is 0. The minimum atomic E-state index is 0.672. The standard InChI is InChI=1S/C14H21N3S/c1-12-7-8-17(9-10-18-12)14(15)16-11-13-5-3-2-4-6-13/h2-6,12H,7-11H2,1H3,(H2,15,16). The SMILES string of the molecule is CC1CCN(C(N)=NCc2ccccc2)CCS1. The molecule has 1 fully saturated rings. The van der Waals surface area contributed by atoms with Gasteiger partial charge in [-0.1, -0.05) is 37.3 Å². The first kappa shape index (κ1) is 13.3. The van der Waals surface area contributed by atoms with Gasteiger partial charge < -0.3 is 10.6 Å². The van der Waals surface area contributed by atoms with Crippen molar-refractivity contribution in [3.05, 3.63) is 35.9 Å². The lowest BCUT2D eigenvalue weighted by atomic mass is 10.2. The van der Waals surface area contributed by atoms with Crippen LogP contribution in [0.3, 0.4) is 0 Å². The van der Waals surface area contributed by atoms with Crippen LogP contribution in [0.2, 0.25) is 0 Å². The first-order chi connectivity index (χ1) is 8.75. The summed E-state index contributed by atoms with van der Waals surface area (Å²) in [5.41, 5.74) is 7.28. The Balaban J connectivity index is 1.91. The molecule has 0 radical (unpaired) electrons. The Bertz CT molecular complexity index is 391. The van der Waals surface area contributed by atoms with Crippen molar-refractivity contribution in [1.82, 2.24) is 4.90 Å². The Morgan fingerprint density at radius 3 is 2.94 bits per heavy atom. The summed E-state index contributed by atoms with van der Waals surface area (Å²) in [7, 11) is 0. The number of rotatable bonds is 2. The highest BCUT2D eigenvalue weighted by Gasteiger charge is 2.15. The summed E-state index contributed by atoms with van der Waals surface area (Å²) in [6, 6.07) is 10.2. The van der Waals surface area contributed by atoms with Crippen molar-refractivity contribution in [2.45, 2.75) is 25.1 Å². The van der Waals surface area contributed by atoms with E-state index in [2.05, 4.69) is 28.9 Å². The van der Waals surface area contributed by atoms with Gasteiger partial charge in [0.25, 0.3) is 0 Å². The number of nitrogens with zero attached hydrogens (tertiary/aromatic N) is 2. The molecule has 1 aliphatic heterocycles.